The second-order valence-electron chi connectivity index (χ2n) is 4.58. The number of nitrogens with zero attached hydrogens (tertiary/aromatic N) is 3. The first kappa shape index (κ1) is 12.3. The number of hydrogen-bond acceptors (Lipinski definition) is 3. The summed E-state index contributed by atoms with van der Waals surface area (Å²) in [5.41, 5.74) is 4.01. The van der Waals surface area contributed by atoms with E-state index >= 15 is 0 Å². The van der Waals surface area contributed by atoms with Gasteiger partial charge in [-0.1, -0.05) is 18.2 Å². The molecule has 0 amide bonds. The number of aldehydes is 1. The Morgan fingerprint density at radius 2 is 1.95 bits per heavy atom. The van der Waals surface area contributed by atoms with E-state index in [2.05, 4.69) is 10.1 Å². The summed E-state index contributed by atoms with van der Waals surface area (Å²) in [6, 6.07) is 11.7. The molecule has 98 valence electrons. The molecule has 0 aliphatic heterocycles. The van der Waals surface area contributed by atoms with Crippen molar-refractivity contribution >= 4 is 6.29 Å². The molecule has 0 saturated heterocycles. The fraction of sp³-hybridized carbons (Fsp3) is 0.0625. The maximum Gasteiger partial charge on any atom is 0.153 e. The Bertz CT molecular complexity index is 747. The molecule has 4 nitrogen and oxygen atoms in total. The first-order valence-electron chi connectivity index (χ1n) is 6.30. The van der Waals surface area contributed by atoms with Crippen LogP contribution in [0.25, 0.3) is 16.9 Å². The summed E-state index contributed by atoms with van der Waals surface area (Å²) >= 11 is 0. The van der Waals surface area contributed by atoms with Crippen molar-refractivity contribution in [1.29, 1.82) is 0 Å². The van der Waals surface area contributed by atoms with Crippen molar-refractivity contribution in [3.8, 4) is 16.9 Å². The topological polar surface area (TPSA) is 47.8 Å². The Labute approximate surface area is 116 Å². The molecule has 0 atom stereocenters. The normalized spacial score (nSPS) is 10.4. The number of carbonyl (C=O) groups is 1. The molecule has 3 aromatic rings. The lowest BCUT2D eigenvalue weighted by Crippen LogP contribution is -1.94. The monoisotopic (exact) mass is 263 g/mol. The zero-order valence-corrected chi connectivity index (χ0v) is 11.0. The standard InChI is InChI=1S/C16H13N3O/c1-12-7-13(9-17-8-12)16-14(11-20)10-19(18-16)15-5-3-2-4-6-15/h2-11H,1H3. The van der Waals surface area contributed by atoms with Crippen LogP contribution in [-0.4, -0.2) is 21.1 Å². The van der Waals surface area contributed by atoms with Gasteiger partial charge >= 0.3 is 0 Å². The van der Waals surface area contributed by atoms with Gasteiger partial charge in [-0.05, 0) is 30.7 Å². The summed E-state index contributed by atoms with van der Waals surface area (Å²) in [5.74, 6) is 0. The van der Waals surface area contributed by atoms with E-state index in [0.717, 1.165) is 23.1 Å². The van der Waals surface area contributed by atoms with E-state index in [1.807, 2.05) is 43.3 Å². The van der Waals surface area contributed by atoms with Gasteiger partial charge in [0, 0.05) is 24.2 Å². The van der Waals surface area contributed by atoms with E-state index in [0.29, 0.717) is 11.3 Å². The fourth-order valence-corrected chi connectivity index (χ4v) is 2.10. The number of pyridine rings is 1. The van der Waals surface area contributed by atoms with Crippen LogP contribution in [0.5, 0.6) is 0 Å². The summed E-state index contributed by atoms with van der Waals surface area (Å²) in [6.45, 7) is 1.96. The third-order valence-electron chi connectivity index (χ3n) is 3.04. The van der Waals surface area contributed by atoms with Crippen LogP contribution in [0.3, 0.4) is 0 Å². The van der Waals surface area contributed by atoms with Crippen LogP contribution in [0.2, 0.25) is 0 Å². The molecular weight excluding hydrogens is 250 g/mol. The van der Waals surface area contributed by atoms with E-state index in [1.54, 1.807) is 23.3 Å². The highest BCUT2D eigenvalue weighted by Crippen LogP contribution is 2.22. The first-order chi connectivity index (χ1) is 9.78. The summed E-state index contributed by atoms with van der Waals surface area (Å²) in [5, 5.41) is 4.51. The molecule has 2 aromatic heterocycles. The van der Waals surface area contributed by atoms with E-state index in [-0.39, 0.29) is 0 Å². The molecule has 0 bridgehead atoms. The highest BCUT2D eigenvalue weighted by Gasteiger charge is 2.12. The third-order valence-corrected chi connectivity index (χ3v) is 3.04. The van der Waals surface area contributed by atoms with E-state index in [4.69, 9.17) is 0 Å². The fourth-order valence-electron chi connectivity index (χ4n) is 2.10. The van der Waals surface area contributed by atoms with Crippen LogP contribution in [0.1, 0.15) is 15.9 Å². The molecule has 3 rings (SSSR count). The van der Waals surface area contributed by atoms with Gasteiger partial charge in [0.25, 0.3) is 0 Å². The van der Waals surface area contributed by atoms with Crippen molar-refractivity contribution in [3.05, 3.63) is 66.1 Å². The minimum Gasteiger partial charge on any atom is -0.298 e. The van der Waals surface area contributed by atoms with Crippen molar-refractivity contribution in [2.24, 2.45) is 0 Å². The lowest BCUT2D eigenvalue weighted by molar-refractivity contribution is 0.112. The predicted octanol–water partition coefficient (Wildman–Crippen LogP) is 3.06. The van der Waals surface area contributed by atoms with Gasteiger partial charge in [0.05, 0.1) is 11.3 Å². The average Bonchev–Trinajstić information content (AvgIpc) is 2.92. The van der Waals surface area contributed by atoms with Gasteiger partial charge in [0.1, 0.15) is 5.69 Å². The SMILES string of the molecule is Cc1cncc(-c2nn(-c3ccccc3)cc2C=O)c1. The van der Waals surface area contributed by atoms with Crippen LogP contribution in [0.4, 0.5) is 0 Å². The Morgan fingerprint density at radius 1 is 1.15 bits per heavy atom. The van der Waals surface area contributed by atoms with Gasteiger partial charge in [0.2, 0.25) is 0 Å². The molecule has 0 saturated carbocycles. The maximum absolute atomic E-state index is 11.3. The van der Waals surface area contributed by atoms with Crippen LogP contribution >= 0.6 is 0 Å². The molecule has 0 radical (unpaired) electrons. The van der Waals surface area contributed by atoms with Crippen molar-refractivity contribution in [2.75, 3.05) is 0 Å². The van der Waals surface area contributed by atoms with Gasteiger partial charge in [-0.15, -0.1) is 0 Å². The molecular formula is C16H13N3O. The molecule has 0 N–H and O–H groups in total. The molecule has 0 aliphatic rings. The smallest absolute Gasteiger partial charge is 0.153 e. The molecule has 0 spiro atoms. The number of para-hydroxylation sites is 1. The van der Waals surface area contributed by atoms with E-state index < -0.39 is 0 Å². The second-order valence-corrected chi connectivity index (χ2v) is 4.58. The Kier molecular flexibility index (Phi) is 3.13. The maximum atomic E-state index is 11.3. The largest absolute Gasteiger partial charge is 0.298 e. The quantitative estimate of drug-likeness (QED) is 0.682. The zero-order valence-electron chi connectivity index (χ0n) is 11.0. The van der Waals surface area contributed by atoms with Crippen LogP contribution in [-0.2, 0) is 0 Å². The molecule has 0 fully saturated rings. The van der Waals surface area contributed by atoms with Crippen molar-refractivity contribution in [2.45, 2.75) is 6.92 Å². The molecule has 4 heteroatoms. The number of rotatable bonds is 3. The van der Waals surface area contributed by atoms with Crippen molar-refractivity contribution < 1.29 is 4.79 Å². The number of benzene rings is 1. The highest BCUT2D eigenvalue weighted by atomic mass is 16.1. The van der Waals surface area contributed by atoms with Crippen molar-refractivity contribution in [1.82, 2.24) is 14.8 Å². The summed E-state index contributed by atoms with van der Waals surface area (Å²) in [4.78, 5) is 15.4. The lowest BCUT2D eigenvalue weighted by atomic mass is 10.1. The van der Waals surface area contributed by atoms with Crippen LogP contribution in [0.15, 0.2) is 55.0 Å². The number of carbonyl (C=O) groups excluding carboxylic acids is 1. The molecule has 20 heavy (non-hydrogen) atoms. The third kappa shape index (κ3) is 2.23. The van der Waals surface area contributed by atoms with Gasteiger partial charge in [0.15, 0.2) is 6.29 Å². The first-order valence-corrected chi connectivity index (χ1v) is 6.30. The number of aromatic nitrogens is 3. The van der Waals surface area contributed by atoms with Crippen LogP contribution < -0.4 is 0 Å². The van der Waals surface area contributed by atoms with Crippen molar-refractivity contribution in [3.63, 3.8) is 0 Å². The average molecular weight is 263 g/mol. The minimum absolute atomic E-state index is 0.557. The lowest BCUT2D eigenvalue weighted by Gasteiger charge is -2.00. The Morgan fingerprint density at radius 3 is 2.65 bits per heavy atom. The van der Waals surface area contributed by atoms with Gasteiger partial charge in [-0.3, -0.25) is 9.78 Å². The predicted molar refractivity (Wildman–Crippen MR) is 76.9 cm³/mol. The number of aryl methyl sites for hydroxylation is 1. The molecule has 0 unspecified atom stereocenters. The summed E-state index contributed by atoms with van der Waals surface area (Å²) in [7, 11) is 0. The Hall–Kier alpha value is -2.75. The summed E-state index contributed by atoms with van der Waals surface area (Å²) in [6.07, 6.45) is 6.06. The van der Waals surface area contributed by atoms with Crippen LogP contribution in [0, 0.1) is 6.92 Å². The minimum atomic E-state index is 0.557. The Balaban J connectivity index is 2.13. The second kappa shape index (κ2) is 5.09. The van der Waals surface area contributed by atoms with Gasteiger partial charge in [-0.25, -0.2) is 4.68 Å². The molecule has 1 aromatic carbocycles. The molecule has 0 aliphatic carbocycles. The highest BCUT2D eigenvalue weighted by molar-refractivity contribution is 5.85. The summed E-state index contributed by atoms with van der Waals surface area (Å²) < 4.78 is 1.71. The van der Waals surface area contributed by atoms with Gasteiger partial charge in [-0.2, -0.15) is 5.10 Å². The van der Waals surface area contributed by atoms with Gasteiger partial charge < -0.3 is 0 Å². The number of hydrogen-bond donors (Lipinski definition) is 0. The van der Waals surface area contributed by atoms with E-state index in [1.165, 1.54) is 0 Å². The van der Waals surface area contributed by atoms with E-state index in [9.17, 15) is 4.79 Å². The molecule has 2 heterocycles. The zero-order chi connectivity index (χ0) is 13.9.